The molecule has 0 saturated carbocycles. The minimum atomic E-state index is 0.721. The van der Waals surface area contributed by atoms with E-state index in [0.717, 1.165) is 28.3 Å². The van der Waals surface area contributed by atoms with Gasteiger partial charge in [-0.25, -0.2) is 0 Å². The number of hydrogen-bond acceptors (Lipinski definition) is 2. The van der Waals surface area contributed by atoms with E-state index in [4.69, 9.17) is 10.00 Å². The Morgan fingerprint density at radius 2 is 1.88 bits per heavy atom. The largest absolute Gasteiger partial charge is 0.497 e. The van der Waals surface area contributed by atoms with Gasteiger partial charge in [-0.3, -0.25) is 0 Å². The highest BCUT2D eigenvalue weighted by Crippen LogP contribution is 2.26. The summed E-state index contributed by atoms with van der Waals surface area (Å²) in [6.45, 7) is 1.95. The predicted octanol–water partition coefficient (Wildman–Crippen LogP) is 2.88. The van der Waals surface area contributed by atoms with Crippen molar-refractivity contribution in [1.29, 1.82) is 5.26 Å². The first-order chi connectivity index (χ1) is 8.17. The molecule has 0 fully saturated rings. The van der Waals surface area contributed by atoms with E-state index in [1.165, 1.54) is 0 Å². The molecule has 0 aliphatic heterocycles. The maximum Gasteiger partial charge on any atom is 0.118 e. The van der Waals surface area contributed by atoms with Crippen LogP contribution in [0.5, 0.6) is 5.75 Å². The first-order valence-corrected chi connectivity index (χ1v) is 5.38. The standard InChI is InChI=1S/C14H14N2O/c1-10-12(9-15)8-14(16(10)2)11-4-6-13(17-3)7-5-11/h4-8H,1-3H3. The molecule has 0 aliphatic carbocycles. The lowest BCUT2D eigenvalue weighted by Crippen LogP contribution is -1.94. The zero-order valence-corrected chi connectivity index (χ0v) is 10.2. The third-order valence-corrected chi connectivity index (χ3v) is 3.04. The van der Waals surface area contributed by atoms with E-state index >= 15 is 0 Å². The number of nitriles is 1. The van der Waals surface area contributed by atoms with Gasteiger partial charge < -0.3 is 9.30 Å². The average Bonchev–Trinajstić information content (AvgIpc) is 2.66. The van der Waals surface area contributed by atoms with Gasteiger partial charge in [-0.2, -0.15) is 5.26 Å². The molecule has 86 valence electrons. The van der Waals surface area contributed by atoms with Gasteiger partial charge in [-0.1, -0.05) is 0 Å². The second-order valence-corrected chi connectivity index (χ2v) is 3.93. The second kappa shape index (κ2) is 4.34. The van der Waals surface area contributed by atoms with Gasteiger partial charge in [-0.05, 0) is 42.8 Å². The van der Waals surface area contributed by atoms with Crippen LogP contribution in [0.15, 0.2) is 30.3 Å². The van der Waals surface area contributed by atoms with Crippen molar-refractivity contribution in [2.24, 2.45) is 7.05 Å². The average molecular weight is 226 g/mol. The third kappa shape index (κ3) is 1.90. The zero-order chi connectivity index (χ0) is 12.4. The van der Waals surface area contributed by atoms with Crippen LogP contribution < -0.4 is 4.74 Å². The maximum atomic E-state index is 9.00. The lowest BCUT2D eigenvalue weighted by molar-refractivity contribution is 0.415. The number of nitrogens with zero attached hydrogens (tertiary/aromatic N) is 2. The molecule has 0 amide bonds. The van der Waals surface area contributed by atoms with E-state index in [0.29, 0.717) is 0 Å². The van der Waals surface area contributed by atoms with Crippen molar-refractivity contribution in [2.45, 2.75) is 6.92 Å². The summed E-state index contributed by atoms with van der Waals surface area (Å²) in [5.41, 5.74) is 3.83. The van der Waals surface area contributed by atoms with Crippen LogP contribution in [0.2, 0.25) is 0 Å². The number of rotatable bonds is 2. The molecule has 0 aliphatic rings. The fourth-order valence-electron chi connectivity index (χ4n) is 1.85. The summed E-state index contributed by atoms with van der Waals surface area (Å²) < 4.78 is 7.15. The number of methoxy groups -OCH3 is 1. The second-order valence-electron chi connectivity index (χ2n) is 3.93. The van der Waals surface area contributed by atoms with E-state index in [1.807, 2.05) is 48.9 Å². The molecule has 3 heteroatoms. The summed E-state index contributed by atoms with van der Waals surface area (Å²) in [6, 6.07) is 11.9. The Morgan fingerprint density at radius 1 is 1.24 bits per heavy atom. The third-order valence-electron chi connectivity index (χ3n) is 3.04. The van der Waals surface area contributed by atoms with E-state index in [1.54, 1.807) is 7.11 Å². The van der Waals surface area contributed by atoms with E-state index in [-0.39, 0.29) is 0 Å². The molecule has 0 spiro atoms. The van der Waals surface area contributed by atoms with Crippen LogP contribution in [-0.2, 0) is 7.05 Å². The van der Waals surface area contributed by atoms with E-state index in [9.17, 15) is 0 Å². The lowest BCUT2D eigenvalue weighted by Gasteiger charge is -2.06. The zero-order valence-electron chi connectivity index (χ0n) is 10.2. The minimum absolute atomic E-state index is 0.721. The Morgan fingerprint density at radius 3 is 2.35 bits per heavy atom. The number of benzene rings is 1. The summed E-state index contributed by atoms with van der Waals surface area (Å²) in [7, 11) is 3.62. The highest BCUT2D eigenvalue weighted by atomic mass is 16.5. The van der Waals surface area contributed by atoms with Crippen LogP contribution in [-0.4, -0.2) is 11.7 Å². The van der Waals surface area contributed by atoms with Gasteiger partial charge in [0.15, 0.2) is 0 Å². The van der Waals surface area contributed by atoms with Crippen molar-refractivity contribution >= 4 is 0 Å². The van der Waals surface area contributed by atoms with Gasteiger partial charge in [-0.15, -0.1) is 0 Å². The van der Waals surface area contributed by atoms with Crippen molar-refractivity contribution in [3.63, 3.8) is 0 Å². The molecule has 1 aromatic heterocycles. The van der Waals surface area contributed by atoms with Crippen LogP contribution in [0.1, 0.15) is 11.3 Å². The van der Waals surface area contributed by atoms with Gasteiger partial charge in [0.25, 0.3) is 0 Å². The van der Waals surface area contributed by atoms with Crippen molar-refractivity contribution in [3.05, 3.63) is 41.6 Å². The Labute approximate surface area is 101 Å². The fraction of sp³-hybridized carbons (Fsp3) is 0.214. The Balaban J connectivity index is 2.50. The van der Waals surface area contributed by atoms with Crippen LogP contribution in [0.3, 0.4) is 0 Å². The maximum absolute atomic E-state index is 9.00. The first kappa shape index (κ1) is 11.3. The van der Waals surface area contributed by atoms with Crippen LogP contribution >= 0.6 is 0 Å². The van der Waals surface area contributed by atoms with Gasteiger partial charge >= 0.3 is 0 Å². The van der Waals surface area contributed by atoms with Crippen molar-refractivity contribution in [1.82, 2.24) is 4.57 Å². The van der Waals surface area contributed by atoms with Crippen LogP contribution in [0, 0.1) is 18.3 Å². The molecule has 17 heavy (non-hydrogen) atoms. The Hall–Kier alpha value is -2.21. The first-order valence-electron chi connectivity index (χ1n) is 5.38. The summed E-state index contributed by atoms with van der Waals surface area (Å²) >= 11 is 0. The highest BCUT2D eigenvalue weighted by molar-refractivity contribution is 5.64. The Bertz CT molecular complexity index is 574. The molecule has 0 saturated heterocycles. The number of ether oxygens (including phenoxy) is 1. The molecule has 1 aromatic carbocycles. The summed E-state index contributed by atoms with van der Waals surface area (Å²) in [6.07, 6.45) is 0. The summed E-state index contributed by atoms with van der Waals surface area (Å²) in [4.78, 5) is 0. The topological polar surface area (TPSA) is 37.9 Å². The van der Waals surface area contributed by atoms with Crippen LogP contribution in [0.4, 0.5) is 0 Å². The minimum Gasteiger partial charge on any atom is -0.497 e. The van der Waals surface area contributed by atoms with Gasteiger partial charge in [0.1, 0.15) is 11.8 Å². The monoisotopic (exact) mass is 226 g/mol. The van der Waals surface area contributed by atoms with Gasteiger partial charge in [0.2, 0.25) is 0 Å². The SMILES string of the molecule is COc1ccc(-c2cc(C#N)c(C)n2C)cc1. The number of aromatic nitrogens is 1. The lowest BCUT2D eigenvalue weighted by atomic mass is 10.1. The molecule has 0 bridgehead atoms. The summed E-state index contributed by atoms with van der Waals surface area (Å²) in [5, 5.41) is 9.00. The molecule has 1 heterocycles. The highest BCUT2D eigenvalue weighted by Gasteiger charge is 2.10. The van der Waals surface area contributed by atoms with Crippen molar-refractivity contribution in [2.75, 3.05) is 7.11 Å². The van der Waals surface area contributed by atoms with E-state index < -0.39 is 0 Å². The quantitative estimate of drug-likeness (QED) is 0.789. The van der Waals surface area contributed by atoms with Crippen LogP contribution in [0.25, 0.3) is 11.3 Å². The van der Waals surface area contributed by atoms with E-state index in [2.05, 4.69) is 6.07 Å². The molecule has 0 N–H and O–H groups in total. The molecule has 2 aromatic rings. The van der Waals surface area contributed by atoms with Crippen molar-refractivity contribution in [3.8, 4) is 23.1 Å². The normalized spacial score (nSPS) is 10.0. The number of hydrogen-bond donors (Lipinski definition) is 0. The smallest absolute Gasteiger partial charge is 0.118 e. The molecule has 2 rings (SSSR count). The molecule has 0 radical (unpaired) electrons. The van der Waals surface area contributed by atoms with Crippen molar-refractivity contribution < 1.29 is 4.74 Å². The molecule has 0 atom stereocenters. The molecular formula is C14H14N2O. The van der Waals surface area contributed by atoms with Gasteiger partial charge in [0, 0.05) is 18.4 Å². The predicted molar refractivity (Wildman–Crippen MR) is 66.9 cm³/mol. The Kier molecular flexibility index (Phi) is 2.88. The van der Waals surface area contributed by atoms with Gasteiger partial charge in [0.05, 0.1) is 12.7 Å². The molecule has 0 unspecified atom stereocenters. The summed E-state index contributed by atoms with van der Waals surface area (Å²) in [5.74, 6) is 0.834. The fourth-order valence-corrected chi connectivity index (χ4v) is 1.85. The molecular weight excluding hydrogens is 212 g/mol. The molecule has 3 nitrogen and oxygen atoms in total.